The van der Waals surface area contributed by atoms with E-state index in [9.17, 15) is 4.79 Å². The maximum Gasteiger partial charge on any atom is 0.256 e. The number of ether oxygens (including phenoxy) is 2. The Morgan fingerprint density at radius 3 is 2.71 bits per heavy atom. The number of amides is 1. The third kappa shape index (κ3) is 3.36. The molecule has 0 saturated heterocycles. The zero-order chi connectivity index (χ0) is 19.5. The van der Waals surface area contributed by atoms with Crippen molar-refractivity contribution in [3.63, 3.8) is 0 Å². The lowest BCUT2D eigenvalue weighted by Crippen LogP contribution is -2.04. The van der Waals surface area contributed by atoms with Gasteiger partial charge < -0.3 is 19.2 Å². The number of benzene rings is 2. The van der Waals surface area contributed by atoms with Crippen molar-refractivity contribution in [1.29, 1.82) is 0 Å². The molecule has 2 aromatic carbocycles. The van der Waals surface area contributed by atoms with Crippen LogP contribution in [-0.4, -0.2) is 24.1 Å². The van der Waals surface area contributed by atoms with Gasteiger partial charge in [-0.15, -0.1) is 0 Å². The molecule has 0 fully saturated rings. The van der Waals surface area contributed by atoms with Gasteiger partial charge in [-0.2, -0.15) is 0 Å². The quantitative estimate of drug-likeness (QED) is 0.635. The van der Waals surface area contributed by atoms with Gasteiger partial charge in [0.05, 0.1) is 19.4 Å². The lowest BCUT2D eigenvalue weighted by Gasteiger charge is -2.11. The summed E-state index contributed by atoms with van der Waals surface area (Å²) in [7, 11) is 0. The molecule has 6 nitrogen and oxygen atoms in total. The summed E-state index contributed by atoms with van der Waals surface area (Å²) in [6, 6.07) is 11.3. The molecule has 0 radical (unpaired) electrons. The van der Waals surface area contributed by atoms with Gasteiger partial charge in [-0.05, 0) is 50.3 Å². The molecular formula is C22H20N2O4. The fourth-order valence-electron chi connectivity index (χ4n) is 3.18. The molecule has 1 amide bonds. The second-order valence-corrected chi connectivity index (χ2v) is 6.18. The summed E-state index contributed by atoms with van der Waals surface area (Å²) in [6.07, 6.45) is 4.94. The van der Waals surface area contributed by atoms with Gasteiger partial charge in [-0.3, -0.25) is 4.79 Å². The van der Waals surface area contributed by atoms with Gasteiger partial charge in [0.2, 0.25) is 5.89 Å². The van der Waals surface area contributed by atoms with Gasteiger partial charge >= 0.3 is 0 Å². The van der Waals surface area contributed by atoms with E-state index < -0.39 is 0 Å². The number of rotatable bonds is 6. The summed E-state index contributed by atoms with van der Waals surface area (Å²) < 4.78 is 16.7. The molecule has 0 saturated carbocycles. The van der Waals surface area contributed by atoms with Crippen LogP contribution in [0.2, 0.25) is 0 Å². The van der Waals surface area contributed by atoms with Crippen LogP contribution in [0.15, 0.2) is 53.3 Å². The number of nitrogens with zero attached hydrogens (tertiary/aromatic N) is 1. The number of anilines is 1. The molecule has 1 aliphatic heterocycles. The lowest BCUT2D eigenvalue weighted by molar-refractivity contribution is -0.110. The SMILES string of the molecule is CCOc1ccc(OCC)c(C=C2C(=O)Nc3cc(-c4ncco4)ccc32)c1. The van der Waals surface area contributed by atoms with E-state index in [0.29, 0.717) is 30.4 Å². The molecule has 0 aliphatic carbocycles. The average molecular weight is 376 g/mol. The molecule has 2 heterocycles. The Labute approximate surface area is 162 Å². The van der Waals surface area contributed by atoms with Crippen LogP contribution in [0.3, 0.4) is 0 Å². The first-order valence-corrected chi connectivity index (χ1v) is 9.16. The van der Waals surface area contributed by atoms with Crippen molar-refractivity contribution in [2.45, 2.75) is 13.8 Å². The number of oxazole rings is 1. The fourth-order valence-corrected chi connectivity index (χ4v) is 3.18. The van der Waals surface area contributed by atoms with Crippen LogP contribution < -0.4 is 14.8 Å². The molecule has 0 unspecified atom stereocenters. The van der Waals surface area contributed by atoms with Crippen LogP contribution in [0.25, 0.3) is 23.1 Å². The number of carbonyl (C=O) groups excluding carboxylic acids is 1. The minimum atomic E-state index is -0.163. The molecule has 1 aromatic heterocycles. The number of aromatic nitrogens is 1. The first-order chi connectivity index (χ1) is 13.7. The Morgan fingerprint density at radius 1 is 1.11 bits per heavy atom. The molecule has 142 valence electrons. The van der Waals surface area contributed by atoms with Gasteiger partial charge in [-0.25, -0.2) is 4.98 Å². The van der Waals surface area contributed by atoms with E-state index >= 15 is 0 Å². The standard InChI is InChI=1S/C22H20N2O4/c1-3-26-16-6-8-20(27-4-2)15(11-16)12-18-17-7-5-14(22-23-9-10-28-22)13-19(17)24-21(18)25/h5-13H,3-4H2,1-2H3,(H,24,25). The second kappa shape index (κ2) is 7.60. The number of nitrogens with one attached hydrogen (secondary N) is 1. The molecular weight excluding hydrogens is 356 g/mol. The molecule has 0 bridgehead atoms. The topological polar surface area (TPSA) is 73.6 Å². The van der Waals surface area contributed by atoms with Crippen LogP contribution in [0.4, 0.5) is 5.69 Å². The van der Waals surface area contributed by atoms with E-state index in [1.807, 2.05) is 56.3 Å². The summed E-state index contributed by atoms with van der Waals surface area (Å²) in [6.45, 7) is 4.96. The molecule has 28 heavy (non-hydrogen) atoms. The summed E-state index contributed by atoms with van der Waals surface area (Å²) >= 11 is 0. The predicted octanol–water partition coefficient (Wildman–Crippen LogP) is 4.63. The molecule has 0 atom stereocenters. The van der Waals surface area contributed by atoms with E-state index in [0.717, 1.165) is 28.1 Å². The largest absolute Gasteiger partial charge is 0.494 e. The predicted molar refractivity (Wildman–Crippen MR) is 107 cm³/mol. The highest BCUT2D eigenvalue weighted by atomic mass is 16.5. The highest BCUT2D eigenvalue weighted by Crippen LogP contribution is 2.37. The van der Waals surface area contributed by atoms with Crippen LogP contribution in [0.5, 0.6) is 11.5 Å². The molecule has 1 N–H and O–H groups in total. The Morgan fingerprint density at radius 2 is 1.96 bits per heavy atom. The van der Waals surface area contributed by atoms with E-state index in [2.05, 4.69) is 10.3 Å². The zero-order valence-corrected chi connectivity index (χ0v) is 15.7. The third-order valence-electron chi connectivity index (χ3n) is 4.37. The lowest BCUT2D eigenvalue weighted by atomic mass is 10.0. The Kier molecular flexibility index (Phi) is 4.85. The van der Waals surface area contributed by atoms with Crippen molar-refractivity contribution < 1.29 is 18.7 Å². The summed E-state index contributed by atoms with van der Waals surface area (Å²) in [5.74, 6) is 1.79. The first kappa shape index (κ1) is 17.9. The van der Waals surface area contributed by atoms with Gasteiger partial charge in [0, 0.05) is 28.0 Å². The minimum Gasteiger partial charge on any atom is -0.494 e. The van der Waals surface area contributed by atoms with Gasteiger partial charge in [-0.1, -0.05) is 6.07 Å². The number of hydrogen-bond donors (Lipinski definition) is 1. The smallest absolute Gasteiger partial charge is 0.256 e. The monoisotopic (exact) mass is 376 g/mol. The maximum atomic E-state index is 12.6. The van der Waals surface area contributed by atoms with E-state index in [4.69, 9.17) is 13.9 Å². The zero-order valence-electron chi connectivity index (χ0n) is 15.7. The van der Waals surface area contributed by atoms with Crippen LogP contribution in [0.1, 0.15) is 25.0 Å². The number of fused-ring (bicyclic) bond motifs is 1. The molecule has 0 spiro atoms. The molecule has 6 heteroatoms. The van der Waals surface area contributed by atoms with Crippen molar-refractivity contribution in [3.05, 3.63) is 60.0 Å². The third-order valence-corrected chi connectivity index (χ3v) is 4.37. The number of carbonyl (C=O) groups is 1. The van der Waals surface area contributed by atoms with E-state index in [1.165, 1.54) is 6.26 Å². The summed E-state index contributed by atoms with van der Waals surface area (Å²) in [4.78, 5) is 16.8. The van der Waals surface area contributed by atoms with Crippen molar-refractivity contribution in [2.24, 2.45) is 0 Å². The first-order valence-electron chi connectivity index (χ1n) is 9.16. The Hall–Kier alpha value is -3.54. The van der Waals surface area contributed by atoms with Crippen molar-refractivity contribution >= 4 is 23.2 Å². The van der Waals surface area contributed by atoms with Crippen LogP contribution >= 0.6 is 0 Å². The highest BCUT2D eigenvalue weighted by Gasteiger charge is 2.25. The second-order valence-electron chi connectivity index (χ2n) is 6.18. The normalized spacial score (nSPS) is 14.1. The Bertz CT molecular complexity index is 1040. The fraction of sp³-hybridized carbons (Fsp3) is 0.182. The van der Waals surface area contributed by atoms with E-state index in [1.54, 1.807) is 6.20 Å². The molecule has 3 aromatic rings. The Balaban J connectivity index is 1.75. The molecule has 4 rings (SSSR count). The van der Waals surface area contributed by atoms with Gasteiger partial charge in [0.15, 0.2) is 0 Å². The van der Waals surface area contributed by atoms with Crippen LogP contribution in [-0.2, 0) is 4.79 Å². The van der Waals surface area contributed by atoms with E-state index in [-0.39, 0.29) is 5.91 Å². The maximum absolute atomic E-state index is 12.6. The summed E-state index contributed by atoms with van der Waals surface area (Å²) in [5, 5.41) is 2.91. The number of hydrogen-bond acceptors (Lipinski definition) is 5. The highest BCUT2D eigenvalue weighted by molar-refractivity contribution is 6.35. The molecule has 1 aliphatic rings. The van der Waals surface area contributed by atoms with Gasteiger partial charge in [0.25, 0.3) is 5.91 Å². The van der Waals surface area contributed by atoms with Gasteiger partial charge in [0.1, 0.15) is 17.8 Å². The van der Waals surface area contributed by atoms with Crippen molar-refractivity contribution in [1.82, 2.24) is 4.98 Å². The van der Waals surface area contributed by atoms with Crippen molar-refractivity contribution in [2.75, 3.05) is 18.5 Å². The average Bonchev–Trinajstić information content (AvgIpc) is 3.32. The van der Waals surface area contributed by atoms with Crippen molar-refractivity contribution in [3.8, 4) is 23.0 Å². The summed E-state index contributed by atoms with van der Waals surface area (Å²) in [5.41, 5.74) is 3.72. The minimum absolute atomic E-state index is 0.163. The van der Waals surface area contributed by atoms with Crippen LogP contribution in [0, 0.1) is 0 Å².